The minimum absolute atomic E-state index is 0.199. The Labute approximate surface area is 104 Å². The average molecular weight is 315 g/mol. The van der Waals surface area contributed by atoms with Crippen LogP contribution in [0.4, 0.5) is 0 Å². The summed E-state index contributed by atoms with van der Waals surface area (Å²) in [6.45, 7) is 0.817. The fraction of sp³-hybridized carbons (Fsp3) is 0.333. The second kappa shape index (κ2) is 4.99. The van der Waals surface area contributed by atoms with Crippen molar-refractivity contribution in [3.05, 3.63) is 45.2 Å². The largest absolute Gasteiger partial charge is 0.496 e. The molecule has 0 aromatic heterocycles. The fourth-order valence-corrected chi connectivity index (χ4v) is 2.13. The van der Waals surface area contributed by atoms with Gasteiger partial charge in [-0.3, -0.25) is 0 Å². The fourth-order valence-electron chi connectivity index (χ4n) is 1.77. The lowest BCUT2D eigenvalue weighted by atomic mass is 10.1. The Hall–Kier alpha value is -0.550. The van der Waals surface area contributed by atoms with Gasteiger partial charge in [-0.25, -0.2) is 0 Å². The number of likely N-dealkylation sites (N-methyl/N-ethyl adjacent to an activating group) is 1. The molecule has 1 N–H and O–H groups in total. The van der Waals surface area contributed by atoms with Gasteiger partial charge in [0.1, 0.15) is 5.76 Å². The molecule has 2 nitrogen and oxygen atoms in total. The van der Waals surface area contributed by atoms with Gasteiger partial charge in [-0.2, -0.15) is 0 Å². The van der Waals surface area contributed by atoms with Crippen molar-refractivity contribution in [1.29, 1.82) is 0 Å². The van der Waals surface area contributed by atoms with Crippen LogP contribution in [-0.2, 0) is 4.74 Å². The first-order valence-corrected chi connectivity index (χ1v) is 6.14. The van der Waals surface area contributed by atoms with Crippen molar-refractivity contribution in [3.63, 3.8) is 0 Å². The summed E-state index contributed by atoms with van der Waals surface area (Å²) < 4.78 is 6.84. The van der Waals surface area contributed by atoms with Gasteiger partial charge in [0.05, 0.1) is 12.6 Å². The maximum Gasteiger partial charge on any atom is 0.114 e. The summed E-state index contributed by atoms with van der Waals surface area (Å²) in [4.78, 5) is 0. The molecule has 1 atom stereocenters. The third-order valence-corrected chi connectivity index (χ3v) is 3.23. The van der Waals surface area contributed by atoms with Crippen LogP contribution >= 0.6 is 22.6 Å². The first kappa shape index (κ1) is 11.0. The van der Waals surface area contributed by atoms with Gasteiger partial charge >= 0.3 is 0 Å². The van der Waals surface area contributed by atoms with Gasteiger partial charge in [0.15, 0.2) is 0 Å². The van der Waals surface area contributed by atoms with Crippen LogP contribution < -0.4 is 5.32 Å². The summed E-state index contributed by atoms with van der Waals surface area (Å²) in [5.74, 6) is 1.05. The highest BCUT2D eigenvalue weighted by Gasteiger charge is 2.18. The molecule has 1 unspecified atom stereocenters. The van der Waals surface area contributed by atoms with Crippen LogP contribution in [0.2, 0.25) is 0 Å². The first-order chi connectivity index (χ1) is 7.31. The number of nitrogens with one attached hydrogen (secondary N) is 1. The summed E-state index contributed by atoms with van der Waals surface area (Å²) in [6.07, 6.45) is 3.19. The van der Waals surface area contributed by atoms with Crippen LogP contribution in [0.25, 0.3) is 0 Å². The molecular weight excluding hydrogens is 301 g/mol. The van der Waals surface area contributed by atoms with E-state index in [4.69, 9.17) is 4.74 Å². The van der Waals surface area contributed by atoms with Gasteiger partial charge in [0.25, 0.3) is 0 Å². The molecule has 1 aromatic carbocycles. The zero-order chi connectivity index (χ0) is 10.7. The molecular formula is C12H14INO. The molecule has 0 saturated heterocycles. The smallest absolute Gasteiger partial charge is 0.114 e. The summed E-state index contributed by atoms with van der Waals surface area (Å²) >= 11 is 2.31. The molecule has 2 rings (SSSR count). The highest BCUT2D eigenvalue weighted by molar-refractivity contribution is 14.1. The number of benzene rings is 1. The molecule has 1 aliphatic heterocycles. The standard InChI is InChI=1S/C12H14INO/c1-14-12(11-3-2-8-15-11)9-4-6-10(13)7-5-9/h3-7,12,14H,2,8H2,1H3. The van der Waals surface area contributed by atoms with E-state index in [1.165, 1.54) is 9.13 Å². The lowest BCUT2D eigenvalue weighted by Crippen LogP contribution is -2.18. The van der Waals surface area contributed by atoms with Gasteiger partial charge in [0, 0.05) is 9.99 Å². The van der Waals surface area contributed by atoms with Crippen molar-refractivity contribution in [1.82, 2.24) is 5.32 Å². The first-order valence-electron chi connectivity index (χ1n) is 5.07. The van der Waals surface area contributed by atoms with E-state index >= 15 is 0 Å². The van der Waals surface area contributed by atoms with Crippen LogP contribution in [0.5, 0.6) is 0 Å². The summed E-state index contributed by atoms with van der Waals surface area (Å²) in [5, 5.41) is 3.28. The Kier molecular flexibility index (Phi) is 3.64. The molecule has 0 aliphatic carbocycles. The monoisotopic (exact) mass is 315 g/mol. The highest BCUT2D eigenvalue weighted by Crippen LogP contribution is 2.26. The van der Waals surface area contributed by atoms with E-state index in [0.29, 0.717) is 0 Å². The van der Waals surface area contributed by atoms with Crippen molar-refractivity contribution in [3.8, 4) is 0 Å². The van der Waals surface area contributed by atoms with Crippen molar-refractivity contribution in [2.75, 3.05) is 13.7 Å². The second-order valence-electron chi connectivity index (χ2n) is 3.52. The summed E-state index contributed by atoms with van der Waals surface area (Å²) in [7, 11) is 1.96. The topological polar surface area (TPSA) is 21.3 Å². The van der Waals surface area contributed by atoms with Gasteiger partial charge < -0.3 is 10.1 Å². The van der Waals surface area contributed by atoms with Gasteiger partial charge in [-0.15, -0.1) is 0 Å². The minimum Gasteiger partial charge on any atom is -0.496 e. The molecule has 0 amide bonds. The molecule has 1 heterocycles. The Morgan fingerprint density at radius 1 is 1.33 bits per heavy atom. The Morgan fingerprint density at radius 3 is 2.60 bits per heavy atom. The Balaban J connectivity index is 2.22. The predicted molar refractivity (Wildman–Crippen MR) is 69.6 cm³/mol. The Morgan fingerprint density at radius 2 is 2.07 bits per heavy atom. The maximum atomic E-state index is 5.59. The molecule has 0 spiro atoms. The van der Waals surface area contributed by atoms with E-state index in [9.17, 15) is 0 Å². The third kappa shape index (κ3) is 2.52. The average Bonchev–Trinajstić information content (AvgIpc) is 2.75. The third-order valence-electron chi connectivity index (χ3n) is 2.51. The van der Waals surface area contributed by atoms with E-state index < -0.39 is 0 Å². The molecule has 0 saturated carbocycles. The zero-order valence-corrected chi connectivity index (χ0v) is 10.8. The van der Waals surface area contributed by atoms with Crippen molar-refractivity contribution >= 4 is 22.6 Å². The van der Waals surface area contributed by atoms with E-state index in [1.54, 1.807) is 0 Å². The van der Waals surface area contributed by atoms with Crippen molar-refractivity contribution in [2.24, 2.45) is 0 Å². The van der Waals surface area contributed by atoms with Crippen LogP contribution in [0.3, 0.4) is 0 Å². The van der Waals surface area contributed by atoms with E-state index in [1.807, 2.05) is 7.05 Å². The van der Waals surface area contributed by atoms with Gasteiger partial charge in [0.2, 0.25) is 0 Å². The second-order valence-corrected chi connectivity index (χ2v) is 4.76. The Bertz CT molecular complexity index is 358. The summed E-state index contributed by atoms with van der Waals surface area (Å²) in [6, 6.07) is 8.73. The van der Waals surface area contributed by atoms with Crippen LogP contribution in [0.1, 0.15) is 18.0 Å². The number of hydrogen-bond donors (Lipinski definition) is 1. The molecule has 3 heteroatoms. The van der Waals surface area contributed by atoms with Gasteiger partial charge in [-0.1, -0.05) is 12.1 Å². The highest BCUT2D eigenvalue weighted by atomic mass is 127. The van der Waals surface area contributed by atoms with Crippen molar-refractivity contribution < 1.29 is 4.74 Å². The van der Waals surface area contributed by atoms with E-state index in [2.05, 4.69) is 58.2 Å². The normalized spacial score (nSPS) is 17.1. The molecule has 1 aliphatic rings. The number of ether oxygens (including phenoxy) is 1. The molecule has 80 valence electrons. The van der Waals surface area contributed by atoms with E-state index in [-0.39, 0.29) is 6.04 Å². The summed E-state index contributed by atoms with van der Waals surface area (Å²) in [5.41, 5.74) is 1.26. The van der Waals surface area contributed by atoms with Crippen LogP contribution in [0, 0.1) is 3.57 Å². The lowest BCUT2D eigenvalue weighted by molar-refractivity contribution is 0.218. The maximum absolute atomic E-state index is 5.59. The molecule has 0 radical (unpaired) electrons. The van der Waals surface area contributed by atoms with E-state index in [0.717, 1.165) is 18.8 Å². The van der Waals surface area contributed by atoms with Gasteiger partial charge in [-0.05, 0) is 53.4 Å². The molecule has 15 heavy (non-hydrogen) atoms. The molecule has 0 fully saturated rings. The molecule has 1 aromatic rings. The van der Waals surface area contributed by atoms with Crippen LogP contribution in [0.15, 0.2) is 36.1 Å². The number of halogens is 1. The van der Waals surface area contributed by atoms with Crippen LogP contribution in [-0.4, -0.2) is 13.7 Å². The SMILES string of the molecule is CNC(C1=CCCO1)c1ccc(I)cc1. The lowest BCUT2D eigenvalue weighted by Gasteiger charge is -2.17. The minimum atomic E-state index is 0.199. The number of rotatable bonds is 3. The number of hydrogen-bond acceptors (Lipinski definition) is 2. The zero-order valence-electron chi connectivity index (χ0n) is 8.66. The molecule has 0 bridgehead atoms. The predicted octanol–water partition coefficient (Wildman–Crippen LogP) is 2.86. The van der Waals surface area contributed by atoms with Crippen molar-refractivity contribution in [2.45, 2.75) is 12.5 Å². The quantitative estimate of drug-likeness (QED) is 0.866.